The first-order chi connectivity index (χ1) is 8.76. The summed E-state index contributed by atoms with van der Waals surface area (Å²) < 4.78 is 35.4. The maximum atomic E-state index is 10.8. The molecule has 0 saturated heterocycles. The summed E-state index contributed by atoms with van der Waals surface area (Å²) in [6.45, 7) is 0. The quantitative estimate of drug-likeness (QED) is 0.697. The van der Waals surface area contributed by atoms with E-state index < -0.39 is 21.2 Å². The Morgan fingerprint density at radius 2 is 1.84 bits per heavy atom. The van der Waals surface area contributed by atoms with Gasteiger partial charge in [-0.05, 0) is 36.5 Å². The van der Waals surface area contributed by atoms with E-state index in [1.54, 1.807) is 19.2 Å². The fraction of sp³-hybridized carbons (Fsp3) is 0.500. The third-order valence-corrected chi connectivity index (χ3v) is 4.53. The number of hydrogen-bond donors (Lipinski definition) is 3. The van der Waals surface area contributed by atoms with Crippen LogP contribution in [0.1, 0.15) is 24.3 Å². The molecule has 1 aromatic rings. The van der Waals surface area contributed by atoms with E-state index in [2.05, 4.69) is 0 Å². The second-order valence-corrected chi connectivity index (χ2v) is 6.33. The van der Waals surface area contributed by atoms with Crippen LogP contribution in [-0.4, -0.2) is 41.3 Å². The van der Waals surface area contributed by atoms with E-state index in [1.807, 2.05) is 12.1 Å². The van der Waals surface area contributed by atoms with Crippen molar-refractivity contribution >= 4 is 10.1 Å². The monoisotopic (exact) mass is 288 g/mol. The van der Waals surface area contributed by atoms with Gasteiger partial charge in [0.2, 0.25) is 5.44 Å². The fourth-order valence-corrected chi connectivity index (χ4v) is 3.13. The zero-order valence-corrected chi connectivity index (χ0v) is 11.2. The van der Waals surface area contributed by atoms with Crippen molar-refractivity contribution in [2.24, 2.45) is 0 Å². The highest BCUT2D eigenvalue weighted by Gasteiger charge is 2.53. The lowest BCUT2D eigenvalue weighted by atomic mass is 9.68. The number of hydrogen-bond acceptors (Lipinski definition) is 5. The van der Waals surface area contributed by atoms with Gasteiger partial charge < -0.3 is 14.9 Å². The molecule has 1 saturated carbocycles. The zero-order chi connectivity index (χ0) is 14.3. The minimum Gasteiger partial charge on any atom is -0.497 e. The number of aliphatic hydroxyl groups is 2. The molecule has 7 heteroatoms. The SMILES string of the molecule is COc1ccc([C@H]2C[C@@](O)(C(O)S(=O)(=O)O)C2)cc1. The van der Waals surface area contributed by atoms with Crippen LogP contribution in [0.2, 0.25) is 0 Å². The first kappa shape index (κ1) is 14.3. The molecule has 0 spiro atoms. The highest BCUT2D eigenvalue weighted by atomic mass is 32.2. The molecule has 1 aromatic carbocycles. The summed E-state index contributed by atoms with van der Waals surface area (Å²) in [4.78, 5) is 0. The lowest BCUT2D eigenvalue weighted by Gasteiger charge is -2.45. The Balaban J connectivity index is 2.06. The molecule has 6 nitrogen and oxygen atoms in total. The lowest BCUT2D eigenvalue weighted by molar-refractivity contribution is -0.106. The van der Waals surface area contributed by atoms with Gasteiger partial charge in [0.1, 0.15) is 11.4 Å². The smallest absolute Gasteiger partial charge is 0.294 e. The average molecular weight is 288 g/mol. The number of ether oxygens (including phenoxy) is 1. The summed E-state index contributed by atoms with van der Waals surface area (Å²) in [6.07, 6.45) is 0.167. The summed E-state index contributed by atoms with van der Waals surface area (Å²) in [5.74, 6) is 0.656. The molecule has 0 radical (unpaired) electrons. The molecule has 0 heterocycles. The van der Waals surface area contributed by atoms with Crippen LogP contribution in [0.15, 0.2) is 24.3 Å². The van der Waals surface area contributed by atoms with Gasteiger partial charge in [-0.3, -0.25) is 4.55 Å². The van der Waals surface area contributed by atoms with Crippen molar-refractivity contribution in [2.45, 2.75) is 29.8 Å². The number of methoxy groups -OCH3 is 1. The van der Waals surface area contributed by atoms with Crippen molar-refractivity contribution in [1.29, 1.82) is 0 Å². The van der Waals surface area contributed by atoms with E-state index >= 15 is 0 Å². The summed E-state index contributed by atoms with van der Waals surface area (Å²) in [5, 5.41) is 19.3. The van der Waals surface area contributed by atoms with Gasteiger partial charge in [-0.2, -0.15) is 8.42 Å². The van der Waals surface area contributed by atoms with Crippen LogP contribution in [0.4, 0.5) is 0 Å². The molecule has 0 bridgehead atoms. The van der Waals surface area contributed by atoms with Crippen LogP contribution < -0.4 is 4.74 Å². The Hall–Kier alpha value is -1.15. The Morgan fingerprint density at radius 1 is 1.32 bits per heavy atom. The number of benzene rings is 1. The van der Waals surface area contributed by atoms with Gasteiger partial charge in [-0.25, -0.2) is 0 Å². The van der Waals surface area contributed by atoms with E-state index in [9.17, 15) is 18.6 Å². The van der Waals surface area contributed by atoms with E-state index in [4.69, 9.17) is 9.29 Å². The molecule has 19 heavy (non-hydrogen) atoms. The topological polar surface area (TPSA) is 104 Å². The first-order valence-electron chi connectivity index (χ1n) is 5.77. The van der Waals surface area contributed by atoms with E-state index in [-0.39, 0.29) is 18.8 Å². The Morgan fingerprint density at radius 3 is 2.26 bits per heavy atom. The molecule has 1 fully saturated rings. The minimum absolute atomic E-state index is 0.0488. The van der Waals surface area contributed by atoms with Crippen molar-refractivity contribution in [3.63, 3.8) is 0 Å². The molecule has 2 rings (SSSR count). The van der Waals surface area contributed by atoms with E-state index in [0.29, 0.717) is 5.75 Å². The van der Waals surface area contributed by atoms with E-state index in [0.717, 1.165) is 5.56 Å². The molecule has 1 atom stereocenters. The molecular formula is C12H16O6S. The summed E-state index contributed by atoms with van der Waals surface area (Å²) in [7, 11) is -3.10. The molecule has 1 aliphatic rings. The largest absolute Gasteiger partial charge is 0.497 e. The van der Waals surface area contributed by atoms with Gasteiger partial charge in [0.05, 0.1) is 7.11 Å². The van der Waals surface area contributed by atoms with Crippen molar-refractivity contribution in [3.8, 4) is 5.75 Å². The van der Waals surface area contributed by atoms with Crippen molar-refractivity contribution in [1.82, 2.24) is 0 Å². The molecule has 106 valence electrons. The first-order valence-corrected chi connectivity index (χ1v) is 7.27. The van der Waals surface area contributed by atoms with Crippen LogP contribution >= 0.6 is 0 Å². The third-order valence-electron chi connectivity index (χ3n) is 3.53. The maximum absolute atomic E-state index is 10.8. The molecule has 1 aliphatic carbocycles. The zero-order valence-electron chi connectivity index (χ0n) is 10.4. The fourth-order valence-electron chi connectivity index (χ4n) is 2.38. The highest BCUT2D eigenvalue weighted by molar-refractivity contribution is 7.86. The predicted molar refractivity (Wildman–Crippen MR) is 67.5 cm³/mol. The maximum Gasteiger partial charge on any atom is 0.294 e. The van der Waals surface area contributed by atoms with Crippen LogP contribution in [0.5, 0.6) is 5.75 Å². The molecule has 3 N–H and O–H groups in total. The number of aliphatic hydroxyl groups excluding tert-OH is 1. The second-order valence-electron chi connectivity index (χ2n) is 4.85. The van der Waals surface area contributed by atoms with Gasteiger partial charge in [-0.15, -0.1) is 0 Å². The van der Waals surface area contributed by atoms with E-state index in [1.165, 1.54) is 0 Å². The van der Waals surface area contributed by atoms with Crippen LogP contribution in [0.25, 0.3) is 0 Å². The molecule has 0 aliphatic heterocycles. The Kier molecular flexibility index (Phi) is 3.57. The average Bonchev–Trinajstić information content (AvgIpc) is 2.33. The van der Waals surface area contributed by atoms with Crippen molar-refractivity contribution in [2.75, 3.05) is 7.11 Å². The van der Waals surface area contributed by atoms with Gasteiger partial charge in [0, 0.05) is 0 Å². The molecule has 0 aromatic heterocycles. The molecule has 0 amide bonds. The van der Waals surface area contributed by atoms with Crippen LogP contribution in [0.3, 0.4) is 0 Å². The number of rotatable bonds is 4. The summed E-state index contributed by atoms with van der Waals surface area (Å²) >= 11 is 0. The van der Waals surface area contributed by atoms with Gasteiger partial charge in [-0.1, -0.05) is 12.1 Å². The van der Waals surface area contributed by atoms with Crippen LogP contribution in [0, 0.1) is 0 Å². The predicted octanol–water partition coefficient (Wildman–Crippen LogP) is 0.510. The summed E-state index contributed by atoms with van der Waals surface area (Å²) in [5.41, 5.74) is -3.01. The normalized spacial score (nSPS) is 28.5. The Bertz CT molecular complexity index is 544. The van der Waals surface area contributed by atoms with Gasteiger partial charge in [0.25, 0.3) is 10.1 Å². The molecule has 1 unspecified atom stereocenters. The summed E-state index contributed by atoms with van der Waals surface area (Å²) in [6, 6.07) is 7.18. The van der Waals surface area contributed by atoms with Crippen molar-refractivity contribution in [3.05, 3.63) is 29.8 Å². The second kappa shape index (κ2) is 4.75. The van der Waals surface area contributed by atoms with Crippen molar-refractivity contribution < 1.29 is 27.9 Å². The standard InChI is InChI=1S/C12H16O6S/c1-18-10-4-2-8(3-5-10)9-6-12(14,7-9)11(13)19(15,16)17/h2-5,9,11,13-14H,6-7H2,1H3,(H,15,16,17)/t9-,11?,12-. The lowest BCUT2D eigenvalue weighted by Crippen LogP contribution is -2.54. The van der Waals surface area contributed by atoms with Gasteiger partial charge >= 0.3 is 0 Å². The highest BCUT2D eigenvalue weighted by Crippen LogP contribution is 2.47. The Labute approximate surface area is 111 Å². The third kappa shape index (κ3) is 2.74. The van der Waals surface area contributed by atoms with Gasteiger partial charge in [0.15, 0.2) is 0 Å². The van der Waals surface area contributed by atoms with Crippen LogP contribution in [-0.2, 0) is 10.1 Å². The minimum atomic E-state index is -4.65. The molecular weight excluding hydrogens is 272 g/mol.